The number of benzene rings is 1. The molecule has 0 aromatic heterocycles. The summed E-state index contributed by atoms with van der Waals surface area (Å²) in [4.78, 5) is 24.6. The first-order valence-electron chi connectivity index (χ1n) is 9.63. The van der Waals surface area contributed by atoms with Crippen LogP contribution in [0.5, 0.6) is 11.5 Å². The van der Waals surface area contributed by atoms with Crippen LogP contribution in [0, 0.1) is 5.92 Å². The van der Waals surface area contributed by atoms with Gasteiger partial charge in [-0.15, -0.1) is 0 Å². The first kappa shape index (κ1) is 21.6. The second-order valence-corrected chi connectivity index (χ2v) is 6.97. The van der Waals surface area contributed by atoms with E-state index in [1.807, 2.05) is 19.9 Å². The minimum atomic E-state index is -0.637. The summed E-state index contributed by atoms with van der Waals surface area (Å²) >= 11 is 0. The summed E-state index contributed by atoms with van der Waals surface area (Å²) in [5.41, 5.74) is 1.65. The topological polar surface area (TPSA) is 85.9 Å². The van der Waals surface area contributed by atoms with Crippen LogP contribution in [0.15, 0.2) is 29.5 Å². The Morgan fingerprint density at radius 1 is 1.18 bits per heavy atom. The number of hydrogen-bond donors (Lipinski definition) is 2. The fraction of sp³-hybridized carbons (Fsp3) is 0.524. The third kappa shape index (κ3) is 4.97. The van der Waals surface area contributed by atoms with Crippen LogP contribution in [0.4, 0.5) is 4.79 Å². The van der Waals surface area contributed by atoms with Crippen LogP contribution >= 0.6 is 0 Å². The lowest BCUT2D eigenvalue weighted by Crippen LogP contribution is -2.47. The average Bonchev–Trinajstić information content (AvgIpc) is 2.69. The molecule has 7 heteroatoms. The van der Waals surface area contributed by atoms with Crippen LogP contribution in [0.25, 0.3) is 0 Å². The Morgan fingerprint density at radius 2 is 1.93 bits per heavy atom. The monoisotopic (exact) mass is 390 g/mol. The standard InChI is InChI=1S/C21H30N2O5/c1-6-7-8-11-28-15-10-9-14(12-16(15)26-4)19-17(20(24)27-5)18(13(2)3)22-21(25)23-19/h9-10,12-13,19H,6-8,11H2,1-5H3,(H2,22,23,25). The number of allylic oxidation sites excluding steroid dienone is 1. The summed E-state index contributed by atoms with van der Waals surface area (Å²) < 4.78 is 16.3. The summed E-state index contributed by atoms with van der Waals surface area (Å²) in [5.74, 6) is 0.651. The number of unbranched alkanes of at least 4 members (excludes halogenated alkanes) is 2. The number of nitrogens with one attached hydrogen (secondary N) is 2. The Labute approximate surface area is 166 Å². The number of hydrogen-bond acceptors (Lipinski definition) is 5. The highest BCUT2D eigenvalue weighted by molar-refractivity contribution is 5.95. The Kier molecular flexibility index (Phi) is 7.72. The lowest BCUT2D eigenvalue weighted by atomic mass is 9.91. The van der Waals surface area contributed by atoms with E-state index in [-0.39, 0.29) is 11.9 Å². The first-order valence-corrected chi connectivity index (χ1v) is 9.63. The van der Waals surface area contributed by atoms with Crippen molar-refractivity contribution in [1.29, 1.82) is 0 Å². The minimum absolute atomic E-state index is 0.0503. The number of rotatable bonds is 9. The number of esters is 1. The van der Waals surface area contributed by atoms with E-state index >= 15 is 0 Å². The van der Waals surface area contributed by atoms with Crippen LogP contribution in [0.1, 0.15) is 51.6 Å². The molecule has 2 N–H and O–H groups in total. The van der Waals surface area contributed by atoms with Crippen molar-refractivity contribution in [2.24, 2.45) is 5.92 Å². The van der Waals surface area contributed by atoms with E-state index in [4.69, 9.17) is 14.2 Å². The highest BCUT2D eigenvalue weighted by Crippen LogP contribution is 2.35. The molecule has 2 rings (SSSR count). The number of carbonyl (C=O) groups excluding carboxylic acids is 2. The van der Waals surface area contributed by atoms with Crippen molar-refractivity contribution in [2.45, 2.75) is 46.1 Å². The highest BCUT2D eigenvalue weighted by Gasteiger charge is 2.34. The van der Waals surface area contributed by atoms with E-state index in [0.717, 1.165) is 19.3 Å². The van der Waals surface area contributed by atoms with E-state index in [1.54, 1.807) is 19.2 Å². The number of amides is 2. The van der Waals surface area contributed by atoms with Gasteiger partial charge in [-0.05, 0) is 30.0 Å². The maximum atomic E-state index is 12.5. The molecule has 1 atom stereocenters. The highest BCUT2D eigenvalue weighted by atomic mass is 16.5. The Bertz CT molecular complexity index is 742. The van der Waals surface area contributed by atoms with Gasteiger partial charge in [0.2, 0.25) is 0 Å². The molecule has 1 unspecified atom stereocenters. The predicted octanol–water partition coefficient (Wildman–Crippen LogP) is 3.70. The van der Waals surface area contributed by atoms with Gasteiger partial charge in [-0.2, -0.15) is 0 Å². The molecule has 0 aliphatic carbocycles. The summed E-state index contributed by atoms with van der Waals surface area (Å²) in [6, 6.07) is 4.42. The van der Waals surface area contributed by atoms with Gasteiger partial charge in [-0.1, -0.05) is 39.7 Å². The van der Waals surface area contributed by atoms with Crippen LogP contribution in [-0.2, 0) is 9.53 Å². The van der Waals surface area contributed by atoms with E-state index in [1.165, 1.54) is 7.11 Å². The smallest absolute Gasteiger partial charge is 0.337 e. The molecular weight excluding hydrogens is 360 g/mol. The first-order chi connectivity index (χ1) is 13.4. The largest absolute Gasteiger partial charge is 0.493 e. The molecule has 0 spiro atoms. The molecule has 1 aromatic rings. The SMILES string of the molecule is CCCCCOc1ccc(C2NC(=O)NC(C(C)C)=C2C(=O)OC)cc1OC. The van der Waals surface area contributed by atoms with Gasteiger partial charge in [0.1, 0.15) is 0 Å². The molecule has 154 valence electrons. The minimum Gasteiger partial charge on any atom is -0.493 e. The van der Waals surface area contributed by atoms with Gasteiger partial charge < -0.3 is 24.8 Å². The lowest BCUT2D eigenvalue weighted by molar-refractivity contribution is -0.136. The molecule has 0 fully saturated rings. The van der Waals surface area contributed by atoms with E-state index in [0.29, 0.717) is 34.9 Å². The van der Waals surface area contributed by atoms with Crippen molar-refractivity contribution in [3.63, 3.8) is 0 Å². The molecule has 0 bridgehead atoms. The molecule has 0 saturated heterocycles. The predicted molar refractivity (Wildman–Crippen MR) is 106 cm³/mol. The van der Waals surface area contributed by atoms with Crippen molar-refractivity contribution in [3.8, 4) is 11.5 Å². The average molecular weight is 390 g/mol. The molecule has 7 nitrogen and oxygen atoms in total. The second-order valence-electron chi connectivity index (χ2n) is 6.97. The number of carbonyl (C=O) groups is 2. The van der Waals surface area contributed by atoms with Crippen molar-refractivity contribution >= 4 is 12.0 Å². The zero-order valence-corrected chi connectivity index (χ0v) is 17.3. The zero-order valence-electron chi connectivity index (χ0n) is 17.3. The molecule has 1 heterocycles. The number of ether oxygens (including phenoxy) is 3. The van der Waals surface area contributed by atoms with Crippen LogP contribution < -0.4 is 20.1 Å². The number of methoxy groups -OCH3 is 2. The van der Waals surface area contributed by atoms with E-state index in [2.05, 4.69) is 17.6 Å². The van der Waals surface area contributed by atoms with Gasteiger partial charge in [0, 0.05) is 5.70 Å². The Balaban J connectivity index is 2.39. The molecule has 0 saturated carbocycles. The molecule has 2 amide bonds. The van der Waals surface area contributed by atoms with Crippen molar-refractivity contribution in [3.05, 3.63) is 35.0 Å². The fourth-order valence-corrected chi connectivity index (χ4v) is 3.14. The number of urea groups is 1. The van der Waals surface area contributed by atoms with Crippen molar-refractivity contribution in [1.82, 2.24) is 10.6 Å². The van der Waals surface area contributed by atoms with E-state index < -0.39 is 12.0 Å². The maximum absolute atomic E-state index is 12.5. The normalized spacial score (nSPS) is 16.5. The molecule has 1 aromatic carbocycles. The van der Waals surface area contributed by atoms with Gasteiger partial charge in [0.15, 0.2) is 11.5 Å². The van der Waals surface area contributed by atoms with Crippen LogP contribution in [-0.4, -0.2) is 32.8 Å². The third-order valence-corrected chi connectivity index (χ3v) is 4.61. The van der Waals surface area contributed by atoms with Crippen molar-refractivity contribution < 1.29 is 23.8 Å². The van der Waals surface area contributed by atoms with Gasteiger partial charge in [0.25, 0.3) is 0 Å². The second kappa shape index (κ2) is 10.0. The molecule has 1 aliphatic rings. The summed E-state index contributed by atoms with van der Waals surface area (Å²) in [5, 5.41) is 5.54. The van der Waals surface area contributed by atoms with Gasteiger partial charge in [0.05, 0.1) is 32.4 Å². The van der Waals surface area contributed by atoms with Crippen LogP contribution in [0.2, 0.25) is 0 Å². The Morgan fingerprint density at radius 3 is 2.54 bits per heavy atom. The summed E-state index contributed by atoms with van der Waals surface area (Å²) in [6.07, 6.45) is 3.20. The van der Waals surface area contributed by atoms with Crippen molar-refractivity contribution in [2.75, 3.05) is 20.8 Å². The van der Waals surface area contributed by atoms with Gasteiger partial charge in [-0.25, -0.2) is 9.59 Å². The maximum Gasteiger partial charge on any atom is 0.337 e. The van der Waals surface area contributed by atoms with Gasteiger partial charge >= 0.3 is 12.0 Å². The third-order valence-electron chi connectivity index (χ3n) is 4.61. The quantitative estimate of drug-likeness (QED) is 0.496. The zero-order chi connectivity index (χ0) is 20.7. The van der Waals surface area contributed by atoms with Crippen LogP contribution in [0.3, 0.4) is 0 Å². The lowest BCUT2D eigenvalue weighted by Gasteiger charge is -2.31. The molecular formula is C21H30N2O5. The van der Waals surface area contributed by atoms with E-state index in [9.17, 15) is 9.59 Å². The summed E-state index contributed by atoms with van der Waals surface area (Å²) in [6.45, 7) is 6.57. The Hall–Kier alpha value is -2.70. The molecule has 28 heavy (non-hydrogen) atoms. The fourth-order valence-electron chi connectivity index (χ4n) is 3.14. The summed E-state index contributed by atoms with van der Waals surface area (Å²) in [7, 11) is 2.89. The molecule has 1 aliphatic heterocycles. The molecule has 0 radical (unpaired) electrons. The van der Waals surface area contributed by atoms with Gasteiger partial charge in [-0.3, -0.25) is 0 Å².